The maximum atomic E-state index is 11.8. The number of hydrogen-bond acceptors (Lipinski definition) is 3. The Labute approximate surface area is 178 Å². The van der Waals surface area contributed by atoms with Crippen LogP contribution in [0.1, 0.15) is 35.3 Å². The fourth-order valence-corrected chi connectivity index (χ4v) is 4.17. The first-order valence-corrected chi connectivity index (χ1v) is 10.5. The summed E-state index contributed by atoms with van der Waals surface area (Å²) in [6, 6.07) is 26.7. The van der Waals surface area contributed by atoms with Crippen molar-refractivity contribution in [3.05, 3.63) is 101 Å². The van der Waals surface area contributed by atoms with Gasteiger partial charge >= 0.3 is 0 Å². The molecule has 4 heteroatoms. The number of anilines is 1. The van der Waals surface area contributed by atoms with Gasteiger partial charge in [0, 0.05) is 38.8 Å². The topological polar surface area (TPSA) is 43.8 Å². The maximum Gasteiger partial charge on any atom is 0.223 e. The number of hydrogen-bond donors (Lipinski definition) is 1. The van der Waals surface area contributed by atoms with Gasteiger partial charge in [-0.15, -0.1) is 0 Å². The number of aliphatic hydroxyl groups is 1. The summed E-state index contributed by atoms with van der Waals surface area (Å²) in [7, 11) is 0. The number of carbonyl (C=O) groups excluding carboxylic acids is 1. The zero-order valence-corrected chi connectivity index (χ0v) is 17.4. The minimum absolute atomic E-state index is 0.0685. The molecule has 3 aromatic carbocycles. The minimum atomic E-state index is -0.589. The van der Waals surface area contributed by atoms with E-state index in [1.54, 1.807) is 6.92 Å². The van der Waals surface area contributed by atoms with E-state index in [4.69, 9.17) is 0 Å². The van der Waals surface area contributed by atoms with Crippen LogP contribution in [0.25, 0.3) is 0 Å². The SMILES string of the molecule is CC(=O)N1CCc2cc([C@@H](O)CN(Cc3ccccc3)Cc3ccccc3)ccc21. The maximum absolute atomic E-state index is 11.8. The zero-order chi connectivity index (χ0) is 20.9. The zero-order valence-electron chi connectivity index (χ0n) is 17.4. The van der Waals surface area contributed by atoms with Gasteiger partial charge in [-0.25, -0.2) is 0 Å². The van der Waals surface area contributed by atoms with Crippen LogP contribution in [0, 0.1) is 0 Å². The van der Waals surface area contributed by atoms with Gasteiger partial charge in [-0.1, -0.05) is 72.8 Å². The van der Waals surface area contributed by atoms with E-state index in [0.717, 1.165) is 42.9 Å². The lowest BCUT2D eigenvalue weighted by Gasteiger charge is -2.26. The molecule has 0 radical (unpaired) electrons. The predicted octanol–water partition coefficient (Wildman–Crippen LogP) is 4.33. The first-order chi connectivity index (χ1) is 14.6. The summed E-state index contributed by atoms with van der Waals surface area (Å²) >= 11 is 0. The van der Waals surface area contributed by atoms with Crippen LogP contribution < -0.4 is 4.90 Å². The molecule has 0 spiro atoms. The number of carbonyl (C=O) groups is 1. The van der Waals surface area contributed by atoms with Gasteiger partial charge in [-0.2, -0.15) is 0 Å². The van der Waals surface area contributed by atoms with E-state index >= 15 is 0 Å². The summed E-state index contributed by atoms with van der Waals surface area (Å²) in [6.45, 7) is 4.41. The molecule has 1 N–H and O–H groups in total. The van der Waals surface area contributed by atoms with E-state index < -0.39 is 6.10 Å². The molecule has 3 aromatic rings. The van der Waals surface area contributed by atoms with Gasteiger partial charge in [0.2, 0.25) is 5.91 Å². The largest absolute Gasteiger partial charge is 0.387 e. The molecule has 4 nitrogen and oxygen atoms in total. The van der Waals surface area contributed by atoms with Crippen LogP contribution >= 0.6 is 0 Å². The molecular formula is C26H28N2O2. The first-order valence-electron chi connectivity index (χ1n) is 10.5. The summed E-state index contributed by atoms with van der Waals surface area (Å²) in [4.78, 5) is 15.9. The fourth-order valence-electron chi connectivity index (χ4n) is 4.17. The third kappa shape index (κ3) is 4.78. The van der Waals surface area contributed by atoms with Crippen molar-refractivity contribution >= 4 is 11.6 Å². The van der Waals surface area contributed by atoms with E-state index in [9.17, 15) is 9.90 Å². The van der Waals surface area contributed by atoms with E-state index in [2.05, 4.69) is 35.2 Å². The van der Waals surface area contributed by atoms with Crippen molar-refractivity contribution in [2.45, 2.75) is 32.5 Å². The second-order valence-electron chi connectivity index (χ2n) is 7.97. The Hall–Kier alpha value is -2.95. The van der Waals surface area contributed by atoms with E-state index in [1.165, 1.54) is 11.1 Å². The highest BCUT2D eigenvalue weighted by molar-refractivity contribution is 5.93. The van der Waals surface area contributed by atoms with Gasteiger partial charge in [0.05, 0.1) is 6.10 Å². The fraction of sp³-hybridized carbons (Fsp3) is 0.269. The van der Waals surface area contributed by atoms with Crippen LogP contribution in [0.3, 0.4) is 0 Å². The number of benzene rings is 3. The Kier molecular flexibility index (Phi) is 6.26. The van der Waals surface area contributed by atoms with Crippen LogP contribution in [-0.4, -0.2) is 29.0 Å². The van der Waals surface area contributed by atoms with Crippen molar-refractivity contribution in [2.24, 2.45) is 0 Å². The average Bonchev–Trinajstić information content (AvgIpc) is 3.19. The van der Waals surface area contributed by atoms with Crippen LogP contribution in [0.15, 0.2) is 78.9 Å². The second kappa shape index (κ2) is 9.24. The minimum Gasteiger partial charge on any atom is -0.387 e. The Morgan fingerprint density at radius 2 is 1.57 bits per heavy atom. The number of fused-ring (bicyclic) bond motifs is 1. The lowest BCUT2D eigenvalue weighted by atomic mass is 10.0. The van der Waals surface area contributed by atoms with Crippen LogP contribution in [0.2, 0.25) is 0 Å². The molecule has 0 saturated carbocycles. The molecule has 1 atom stereocenters. The molecule has 0 fully saturated rings. The molecule has 0 unspecified atom stereocenters. The van der Waals surface area contributed by atoms with Gasteiger partial charge in [-0.05, 0) is 34.7 Å². The summed E-state index contributed by atoms with van der Waals surface area (Å²) in [6.07, 6.45) is 0.252. The lowest BCUT2D eigenvalue weighted by Crippen LogP contribution is -2.28. The highest BCUT2D eigenvalue weighted by atomic mass is 16.3. The highest BCUT2D eigenvalue weighted by Gasteiger charge is 2.24. The van der Waals surface area contributed by atoms with Crippen molar-refractivity contribution in [1.82, 2.24) is 4.90 Å². The highest BCUT2D eigenvalue weighted by Crippen LogP contribution is 2.31. The van der Waals surface area contributed by atoms with Crippen LogP contribution in [-0.2, 0) is 24.3 Å². The van der Waals surface area contributed by atoms with Crippen molar-refractivity contribution in [3.63, 3.8) is 0 Å². The van der Waals surface area contributed by atoms with Gasteiger partial charge in [-0.3, -0.25) is 9.69 Å². The standard InChI is InChI=1S/C26H28N2O2/c1-20(29)28-15-14-23-16-24(12-13-25(23)28)26(30)19-27(17-21-8-4-2-5-9-21)18-22-10-6-3-7-11-22/h2-13,16,26,30H,14-15,17-19H2,1H3/t26-/m0/s1. The van der Waals surface area contributed by atoms with Crippen molar-refractivity contribution in [1.29, 1.82) is 0 Å². The normalized spacial score (nSPS) is 14.0. The number of rotatable bonds is 7. The number of amides is 1. The van der Waals surface area contributed by atoms with Crippen LogP contribution in [0.4, 0.5) is 5.69 Å². The molecule has 1 aliphatic rings. The van der Waals surface area contributed by atoms with Gasteiger partial charge < -0.3 is 10.0 Å². The monoisotopic (exact) mass is 400 g/mol. The molecular weight excluding hydrogens is 372 g/mol. The quantitative estimate of drug-likeness (QED) is 0.642. The molecule has 1 heterocycles. The summed E-state index contributed by atoms with van der Waals surface area (Å²) in [5.41, 5.74) is 5.48. The third-order valence-electron chi connectivity index (χ3n) is 5.69. The molecule has 30 heavy (non-hydrogen) atoms. The predicted molar refractivity (Wildman–Crippen MR) is 120 cm³/mol. The van der Waals surface area contributed by atoms with Gasteiger partial charge in [0.1, 0.15) is 0 Å². The lowest BCUT2D eigenvalue weighted by molar-refractivity contribution is -0.116. The van der Waals surface area contributed by atoms with Crippen molar-refractivity contribution in [3.8, 4) is 0 Å². The molecule has 0 bridgehead atoms. The molecule has 154 valence electrons. The molecule has 1 amide bonds. The Morgan fingerprint density at radius 1 is 0.967 bits per heavy atom. The van der Waals surface area contributed by atoms with E-state index in [1.807, 2.05) is 53.4 Å². The van der Waals surface area contributed by atoms with Gasteiger partial charge in [0.15, 0.2) is 0 Å². The molecule has 0 saturated heterocycles. The molecule has 0 aliphatic carbocycles. The third-order valence-corrected chi connectivity index (χ3v) is 5.69. The van der Waals surface area contributed by atoms with E-state index in [0.29, 0.717) is 6.54 Å². The van der Waals surface area contributed by atoms with E-state index in [-0.39, 0.29) is 5.91 Å². The molecule has 4 rings (SSSR count). The molecule has 1 aliphatic heterocycles. The second-order valence-corrected chi connectivity index (χ2v) is 7.97. The number of aliphatic hydroxyl groups excluding tert-OH is 1. The molecule has 0 aromatic heterocycles. The van der Waals surface area contributed by atoms with Crippen molar-refractivity contribution < 1.29 is 9.90 Å². The number of nitrogens with zero attached hydrogens (tertiary/aromatic N) is 2. The average molecular weight is 401 g/mol. The van der Waals surface area contributed by atoms with Gasteiger partial charge in [0.25, 0.3) is 0 Å². The Balaban J connectivity index is 1.51. The Bertz CT molecular complexity index is 947. The van der Waals surface area contributed by atoms with Crippen LogP contribution in [0.5, 0.6) is 0 Å². The van der Waals surface area contributed by atoms with Crippen molar-refractivity contribution in [2.75, 3.05) is 18.0 Å². The summed E-state index contributed by atoms with van der Waals surface area (Å²) in [5, 5.41) is 11.0. The summed E-state index contributed by atoms with van der Waals surface area (Å²) < 4.78 is 0. The smallest absolute Gasteiger partial charge is 0.223 e. The first kappa shape index (κ1) is 20.3. The summed E-state index contributed by atoms with van der Waals surface area (Å²) in [5.74, 6) is 0.0685. The Morgan fingerprint density at radius 3 is 2.13 bits per heavy atom.